The van der Waals surface area contributed by atoms with Gasteiger partial charge < -0.3 is 15.8 Å². The lowest BCUT2D eigenvalue weighted by Gasteiger charge is -2.31. The molecule has 2 rings (SSSR count). The predicted octanol–water partition coefficient (Wildman–Crippen LogP) is 1.99. The summed E-state index contributed by atoms with van der Waals surface area (Å²) in [5, 5.41) is 14.2. The third-order valence-electron chi connectivity index (χ3n) is 4.00. The van der Waals surface area contributed by atoms with Crippen molar-refractivity contribution in [3.8, 4) is 0 Å². The quantitative estimate of drug-likeness (QED) is 0.617. The fraction of sp³-hybridized carbons (Fsp3) is 0.533. The molecule has 1 aliphatic heterocycles. The summed E-state index contributed by atoms with van der Waals surface area (Å²) < 4.78 is 5.35. The molecule has 1 fully saturated rings. The minimum atomic E-state index is -0.404. The van der Waals surface area contributed by atoms with Crippen molar-refractivity contribution in [1.82, 2.24) is 0 Å². The first-order valence-electron chi connectivity index (χ1n) is 7.35. The van der Waals surface area contributed by atoms with Gasteiger partial charge in [0.05, 0.1) is 4.92 Å². The van der Waals surface area contributed by atoms with Crippen LogP contribution in [0.1, 0.15) is 24.8 Å². The van der Waals surface area contributed by atoms with E-state index in [0.29, 0.717) is 24.7 Å². The van der Waals surface area contributed by atoms with Crippen molar-refractivity contribution in [3.63, 3.8) is 0 Å². The maximum Gasteiger partial charge on any atom is 0.272 e. The Balaban J connectivity index is 2.13. The first-order valence-corrected chi connectivity index (χ1v) is 7.35. The van der Waals surface area contributed by atoms with E-state index in [1.807, 2.05) is 0 Å². The lowest BCUT2D eigenvalue weighted by atomic mass is 9.89. The number of nitrogens with zero attached hydrogens (tertiary/aromatic N) is 1. The van der Waals surface area contributed by atoms with E-state index in [1.54, 1.807) is 19.1 Å². The van der Waals surface area contributed by atoms with E-state index in [-0.39, 0.29) is 24.1 Å². The lowest BCUT2D eigenvalue weighted by Crippen LogP contribution is -2.36. The molecule has 1 atom stereocenters. The highest BCUT2D eigenvalue weighted by atomic mass is 16.6. The van der Waals surface area contributed by atoms with Gasteiger partial charge in [0.1, 0.15) is 0 Å². The predicted molar refractivity (Wildman–Crippen MR) is 82.6 cm³/mol. The van der Waals surface area contributed by atoms with Gasteiger partial charge in [-0.1, -0.05) is 0 Å². The van der Waals surface area contributed by atoms with E-state index in [0.717, 1.165) is 18.5 Å². The van der Waals surface area contributed by atoms with Crippen LogP contribution in [0.5, 0.6) is 0 Å². The van der Waals surface area contributed by atoms with E-state index < -0.39 is 4.92 Å². The average molecular weight is 307 g/mol. The molecule has 1 amide bonds. The van der Waals surface area contributed by atoms with Crippen molar-refractivity contribution in [2.75, 3.05) is 18.5 Å². The number of nitrogens with one attached hydrogen (secondary N) is 1. The van der Waals surface area contributed by atoms with Crippen LogP contribution in [0.3, 0.4) is 0 Å². The molecule has 22 heavy (non-hydrogen) atoms. The SMILES string of the molecule is Cc1cc(NC(CC(N)=O)C2CCOCC2)ccc1[N+](=O)[O-]. The van der Waals surface area contributed by atoms with Gasteiger partial charge in [-0.2, -0.15) is 0 Å². The molecule has 1 saturated heterocycles. The highest BCUT2D eigenvalue weighted by Crippen LogP contribution is 2.27. The number of amides is 1. The standard InChI is InChI=1S/C15H21N3O4/c1-10-8-12(2-3-14(10)18(20)21)17-13(9-15(16)19)11-4-6-22-7-5-11/h2-3,8,11,13,17H,4-7,9H2,1H3,(H2,16,19). The van der Waals surface area contributed by atoms with E-state index in [4.69, 9.17) is 10.5 Å². The van der Waals surface area contributed by atoms with Crippen LogP contribution in [0, 0.1) is 23.0 Å². The number of primary amides is 1. The zero-order valence-corrected chi connectivity index (χ0v) is 12.6. The first kappa shape index (κ1) is 16.2. The summed E-state index contributed by atoms with van der Waals surface area (Å²) in [5.74, 6) is -0.0561. The molecule has 7 heteroatoms. The van der Waals surface area contributed by atoms with E-state index in [9.17, 15) is 14.9 Å². The van der Waals surface area contributed by atoms with Crippen LogP contribution in [0.15, 0.2) is 18.2 Å². The number of nitro groups is 1. The van der Waals surface area contributed by atoms with Crippen LogP contribution < -0.4 is 11.1 Å². The Morgan fingerprint density at radius 2 is 2.18 bits per heavy atom. The molecule has 1 heterocycles. The molecule has 0 bridgehead atoms. The normalized spacial score (nSPS) is 17.0. The van der Waals surface area contributed by atoms with Crippen LogP contribution in [0.25, 0.3) is 0 Å². The van der Waals surface area contributed by atoms with Gasteiger partial charge in [0.25, 0.3) is 5.69 Å². The fourth-order valence-electron chi connectivity index (χ4n) is 2.83. The van der Waals surface area contributed by atoms with Crippen molar-refractivity contribution in [3.05, 3.63) is 33.9 Å². The number of hydrogen-bond donors (Lipinski definition) is 2. The van der Waals surface area contributed by atoms with E-state index in [2.05, 4.69) is 5.32 Å². The Hall–Kier alpha value is -2.15. The Bertz CT molecular complexity index is 556. The number of benzene rings is 1. The molecule has 0 radical (unpaired) electrons. The molecule has 1 aromatic carbocycles. The van der Waals surface area contributed by atoms with E-state index in [1.165, 1.54) is 6.07 Å². The summed E-state index contributed by atoms with van der Waals surface area (Å²) in [5.41, 5.74) is 6.78. The number of nitrogens with two attached hydrogens (primary N) is 1. The lowest BCUT2D eigenvalue weighted by molar-refractivity contribution is -0.385. The van der Waals surface area contributed by atoms with Crippen LogP contribution >= 0.6 is 0 Å². The summed E-state index contributed by atoms with van der Waals surface area (Å²) in [4.78, 5) is 21.8. The number of nitro benzene ring substituents is 1. The van der Waals surface area contributed by atoms with Gasteiger partial charge in [0.2, 0.25) is 5.91 Å². The minimum Gasteiger partial charge on any atom is -0.381 e. The highest BCUT2D eigenvalue weighted by molar-refractivity contribution is 5.75. The number of rotatable bonds is 6. The van der Waals surface area contributed by atoms with Crippen molar-refractivity contribution >= 4 is 17.3 Å². The van der Waals surface area contributed by atoms with Crippen molar-refractivity contribution in [2.45, 2.75) is 32.2 Å². The van der Waals surface area contributed by atoms with Crippen molar-refractivity contribution in [2.24, 2.45) is 11.7 Å². The Morgan fingerprint density at radius 3 is 2.73 bits per heavy atom. The molecule has 0 aliphatic carbocycles. The largest absolute Gasteiger partial charge is 0.381 e. The van der Waals surface area contributed by atoms with E-state index >= 15 is 0 Å². The Morgan fingerprint density at radius 1 is 1.50 bits per heavy atom. The molecule has 3 N–H and O–H groups in total. The number of carbonyl (C=O) groups excluding carboxylic acids is 1. The number of aryl methyl sites for hydroxylation is 1. The van der Waals surface area contributed by atoms with Crippen molar-refractivity contribution < 1.29 is 14.5 Å². The van der Waals surface area contributed by atoms with Crippen molar-refractivity contribution in [1.29, 1.82) is 0 Å². The molecule has 1 unspecified atom stereocenters. The van der Waals surface area contributed by atoms with Crippen LogP contribution in [0.2, 0.25) is 0 Å². The smallest absolute Gasteiger partial charge is 0.272 e. The molecule has 0 saturated carbocycles. The zero-order chi connectivity index (χ0) is 16.1. The number of hydrogen-bond acceptors (Lipinski definition) is 5. The van der Waals surface area contributed by atoms with Crippen LogP contribution in [-0.4, -0.2) is 30.1 Å². The second-order valence-electron chi connectivity index (χ2n) is 5.63. The number of carbonyl (C=O) groups is 1. The average Bonchev–Trinajstić information content (AvgIpc) is 2.46. The monoisotopic (exact) mass is 307 g/mol. The van der Waals surface area contributed by atoms with Gasteiger partial charge in [0, 0.05) is 43.0 Å². The Labute approximate surface area is 129 Å². The maximum absolute atomic E-state index is 11.3. The minimum absolute atomic E-state index is 0.0812. The molecular weight excluding hydrogens is 286 g/mol. The molecule has 7 nitrogen and oxygen atoms in total. The summed E-state index contributed by atoms with van der Waals surface area (Å²) in [7, 11) is 0. The molecule has 1 aromatic rings. The second-order valence-corrected chi connectivity index (χ2v) is 5.63. The van der Waals surface area contributed by atoms with Gasteiger partial charge in [-0.05, 0) is 37.8 Å². The Kier molecular flexibility index (Phi) is 5.32. The zero-order valence-electron chi connectivity index (χ0n) is 12.6. The topological polar surface area (TPSA) is 107 Å². The summed E-state index contributed by atoms with van der Waals surface area (Å²) in [6, 6.07) is 4.79. The number of ether oxygens (including phenoxy) is 1. The molecular formula is C15H21N3O4. The summed E-state index contributed by atoms with van der Waals surface area (Å²) in [6.45, 7) is 3.06. The van der Waals surface area contributed by atoms with Crippen LogP contribution in [-0.2, 0) is 9.53 Å². The first-order chi connectivity index (χ1) is 10.5. The fourth-order valence-corrected chi connectivity index (χ4v) is 2.83. The van der Waals surface area contributed by atoms with Gasteiger partial charge in [-0.25, -0.2) is 0 Å². The highest BCUT2D eigenvalue weighted by Gasteiger charge is 2.25. The molecule has 1 aliphatic rings. The second kappa shape index (κ2) is 7.22. The van der Waals surface area contributed by atoms with Gasteiger partial charge in [-0.15, -0.1) is 0 Å². The van der Waals surface area contributed by atoms with Crippen LogP contribution in [0.4, 0.5) is 11.4 Å². The summed E-state index contributed by atoms with van der Waals surface area (Å²) in [6.07, 6.45) is 1.98. The van der Waals surface area contributed by atoms with Gasteiger partial charge in [-0.3, -0.25) is 14.9 Å². The molecule has 0 aromatic heterocycles. The third kappa shape index (κ3) is 4.17. The van der Waals surface area contributed by atoms with Gasteiger partial charge in [0.15, 0.2) is 0 Å². The summed E-state index contributed by atoms with van der Waals surface area (Å²) >= 11 is 0. The number of anilines is 1. The third-order valence-corrected chi connectivity index (χ3v) is 4.00. The molecule has 0 spiro atoms. The maximum atomic E-state index is 11.3. The molecule has 120 valence electrons. The van der Waals surface area contributed by atoms with Gasteiger partial charge >= 0.3 is 0 Å².